The highest BCUT2D eigenvalue weighted by atomic mass is 16.5. The van der Waals surface area contributed by atoms with E-state index in [-0.39, 0.29) is 12.6 Å². The molecule has 4 heterocycles. The molecule has 0 radical (unpaired) electrons. The molecule has 0 saturated carbocycles. The van der Waals surface area contributed by atoms with Crippen LogP contribution < -0.4 is 14.8 Å². The number of hydrogen-bond acceptors (Lipinski definition) is 8. The minimum Gasteiger partial charge on any atom is -0.487 e. The van der Waals surface area contributed by atoms with Crippen molar-refractivity contribution in [1.29, 1.82) is 0 Å². The molecule has 1 aromatic carbocycles. The summed E-state index contributed by atoms with van der Waals surface area (Å²) in [5.41, 5.74) is 3.74. The average Bonchev–Trinajstić information content (AvgIpc) is 3.56. The first kappa shape index (κ1) is 24.0. The van der Waals surface area contributed by atoms with Crippen molar-refractivity contribution in [3.05, 3.63) is 66.1 Å². The van der Waals surface area contributed by atoms with Gasteiger partial charge in [-0.15, -0.1) is 5.10 Å². The van der Waals surface area contributed by atoms with Gasteiger partial charge in [0.1, 0.15) is 30.2 Å². The number of anilines is 2. The van der Waals surface area contributed by atoms with Crippen LogP contribution in [0.1, 0.15) is 31.0 Å². The second-order valence-corrected chi connectivity index (χ2v) is 8.88. The summed E-state index contributed by atoms with van der Waals surface area (Å²) in [5, 5.41) is 21.2. The number of aliphatic hydroxyl groups is 1. The maximum absolute atomic E-state index is 9.55. The summed E-state index contributed by atoms with van der Waals surface area (Å²) in [6.07, 6.45) is 6.49. The largest absolute Gasteiger partial charge is 0.487 e. The Balaban J connectivity index is 1.29. The van der Waals surface area contributed by atoms with E-state index in [1.165, 1.54) is 0 Å². The molecule has 9 nitrogen and oxygen atoms in total. The van der Waals surface area contributed by atoms with Gasteiger partial charge in [0.25, 0.3) is 0 Å². The third-order valence-corrected chi connectivity index (χ3v) is 6.58. The molecule has 9 heteroatoms. The molecular formula is C27H32N6O3. The molecular weight excluding hydrogens is 456 g/mol. The molecule has 0 aliphatic carbocycles. The van der Waals surface area contributed by atoms with Crippen molar-refractivity contribution in [2.75, 3.05) is 31.6 Å². The standard InChI is InChI=1S/C27H32N6O3/c1-2-19-16-20(8-9-24(19)36-18-21-6-3-4-11-28-21)30-26-25-23(10-12-29-26)31-32-27(25)35-15-14-33-13-5-7-22(33)17-34/h3-4,6,8-12,16,22,34H,2,5,7,13-15,17-18H2,1H3,(H,29,30)(H,31,32)/t22-/m1/s1. The SMILES string of the molecule is CCc1cc(Nc2nccc3[nH]nc(OCCN4CCC[C@@H]4CO)c23)ccc1OCc1ccccn1. The maximum atomic E-state index is 9.55. The highest BCUT2D eigenvalue weighted by Gasteiger charge is 2.23. The average molecular weight is 489 g/mol. The molecule has 36 heavy (non-hydrogen) atoms. The number of benzene rings is 1. The Morgan fingerprint density at radius 1 is 1.14 bits per heavy atom. The van der Waals surface area contributed by atoms with Crippen LogP contribution in [0.15, 0.2) is 54.9 Å². The van der Waals surface area contributed by atoms with Crippen molar-refractivity contribution >= 4 is 22.4 Å². The number of aromatic nitrogens is 4. The molecule has 0 spiro atoms. The van der Waals surface area contributed by atoms with Crippen LogP contribution in [0.5, 0.6) is 11.6 Å². The third-order valence-electron chi connectivity index (χ3n) is 6.58. The Morgan fingerprint density at radius 2 is 2.08 bits per heavy atom. The summed E-state index contributed by atoms with van der Waals surface area (Å²) >= 11 is 0. The van der Waals surface area contributed by atoms with E-state index in [0.717, 1.165) is 65.9 Å². The van der Waals surface area contributed by atoms with E-state index in [1.807, 2.05) is 36.4 Å². The lowest BCUT2D eigenvalue weighted by atomic mass is 10.1. The molecule has 1 aliphatic heterocycles. The van der Waals surface area contributed by atoms with Crippen LogP contribution in [0.25, 0.3) is 10.9 Å². The van der Waals surface area contributed by atoms with E-state index < -0.39 is 0 Å². The van der Waals surface area contributed by atoms with Crippen molar-refractivity contribution in [2.45, 2.75) is 38.8 Å². The van der Waals surface area contributed by atoms with Crippen molar-refractivity contribution < 1.29 is 14.6 Å². The van der Waals surface area contributed by atoms with Crippen molar-refractivity contribution in [3.8, 4) is 11.6 Å². The first-order valence-corrected chi connectivity index (χ1v) is 12.5. The second-order valence-electron chi connectivity index (χ2n) is 8.88. The molecule has 1 aliphatic rings. The number of ether oxygens (including phenoxy) is 2. The molecule has 1 saturated heterocycles. The van der Waals surface area contributed by atoms with Crippen LogP contribution >= 0.6 is 0 Å². The molecule has 0 bridgehead atoms. The van der Waals surface area contributed by atoms with E-state index in [2.05, 4.69) is 43.4 Å². The monoisotopic (exact) mass is 488 g/mol. The van der Waals surface area contributed by atoms with Gasteiger partial charge in [-0.05, 0) is 67.8 Å². The molecule has 188 valence electrons. The molecule has 5 rings (SSSR count). The summed E-state index contributed by atoms with van der Waals surface area (Å²) in [6, 6.07) is 14.0. The molecule has 3 N–H and O–H groups in total. The highest BCUT2D eigenvalue weighted by molar-refractivity contribution is 5.95. The third kappa shape index (κ3) is 5.42. The Bertz CT molecular complexity index is 1280. The highest BCUT2D eigenvalue weighted by Crippen LogP contribution is 2.32. The molecule has 1 fully saturated rings. The molecule has 1 atom stereocenters. The lowest BCUT2D eigenvalue weighted by molar-refractivity contribution is 0.138. The van der Waals surface area contributed by atoms with Gasteiger partial charge in [-0.3, -0.25) is 15.0 Å². The number of pyridine rings is 2. The van der Waals surface area contributed by atoms with E-state index in [1.54, 1.807) is 12.4 Å². The van der Waals surface area contributed by atoms with E-state index in [0.29, 0.717) is 24.9 Å². The summed E-state index contributed by atoms with van der Waals surface area (Å²) in [7, 11) is 0. The van der Waals surface area contributed by atoms with Gasteiger partial charge in [-0.2, -0.15) is 0 Å². The number of aliphatic hydroxyl groups excluding tert-OH is 1. The van der Waals surface area contributed by atoms with Crippen molar-refractivity contribution in [3.63, 3.8) is 0 Å². The number of H-pyrrole nitrogens is 1. The van der Waals surface area contributed by atoms with Crippen molar-refractivity contribution in [1.82, 2.24) is 25.1 Å². The fourth-order valence-electron chi connectivity index (χ4n) is 4.64. The normalized spacial score (nSPS) is 15.9. The minimum atomic E-state index is 0.191. The van der Waals surface area contributed by atoms with Crippen LogP contribution in [0.3, 0.4) is 0 Å². The van der Waals surface area contributed by atoms with Gasteiger partial charge in [0, 0.05) is 30.7 Å². The topological polar surface area (TPSA) is 108 Å². The lowest BCUT2D eigenvalue weighted by Crippen LogP contribution is -2.35. The number of likely N-dealkylation sites (tertiary alicyclic amines) is 1. The van der Waals surface area contributed by atoms with Gasteiger partial charge in [0.15, 0.2) is 0 Å². The zero-order chi connectivity index (χ0) is 24.7. The number of nitrogens with zero attached hydrogens (tertiary/aromatic N) is 4. The van der Waals surface area contributed by atoms with Gasteiger partial charge >= 0.3 is 0 Å². The Labute approximate surface area is 210 Å². The first-order valence-electron chi connectivity index (χ1n) is 12.5. The smallest absolute Gasteiger partial charge is 0.244 e. The number of aryl methyl sites for hydroxylation is 1. The zero-order valence-electron chi connectivity index (χ0n) is 20.5. The van der Waals surface area contributed by atoms with E-state index >= 15 is 0 Å². The lowest BCUT2D eigenvalue weighted by Gasteiger charge is -2.22. The first-order chi connectivity index (χ1) is 17.7. The van der Waals surface area contributed by atoms with Crippen LogP contribution in [-0.4, -0.2) is 62.5 Å². The van der Waals surface area contributed by atoms with E-state index in [4.69, 9.17) is 9.47 Å². The summed E-state index contributed by atoms with van der Waals surface area (Å²) in [4.78, 5) is 11.2. The van der Waals surface area contributed by atoms with Gasteiger partial charge in [0.05, 0.1) is 17.8 Å². The second kappa shape index (κ2) is 11.4. The summed E-state index contributed by atoms with van der Waals surface area (Å²) in [5.74, 6) is 2.04. The predicted octanol–water partition coefficient (Wildman–Crippen LogP) is 4.07. The molecule has 0 unspecified atom stereocenters. The fourth-order valence-corrected chi connectivity index (χ4v) is 4.64. The van der Waals surface area contributed by atoms with Crippen LogP contribution in [-0.2, 0) is 13.0 Å². The number of rotatable bonds is 11. The number of aromatic amines is 1. The maximum Gasteiger partial charge on any atom is 0.244 e. The fraction of sp³-hybridized carbons (Fsp3) is 0.370. The van der Waals surface area contributed by atoms with Crippen LogP contribution in [0, 0.1) is 0 Å². The molecule has 0 amide bonds. The van der Waals surface area contributed by atoms with Gasteiger partial charge in [0.2, 0.25) is 5.88 Å². The molecule has 3 aromatic heterocycles. The quantitative estimate of drug-likeness (QED) is 0.290. The minimum absolute atomic E-state index is 0.191. The Morgan fingerprint density at radius 3 is 2.92 bits per heavy atom. The van der Waals surface area contributed by atoms with Gasteiger partial charge in [-0.1, -0.05) is 13.0 Å². The summed E-state index contributed by atoms with van der Waals surface area (Å²) < 4.78 is 12.1. The Kier molecular flexibility index (Phi) is 7.58. The molecule has 4 aromatic rings. The number of hydrogen-bond donors (Lipinski definition) is 3. The van der Waals surface area contributed by atoms with Gasteiger partial charge in [-0.25, -0.2) is 4.98 Å². The number of fused-ring (bicyclic) bond motifs is 1. The number of nitrogens with one attached hydrogen (secondary N) is 2. The predicted molar refractivity (Wildman–Crippen MR) is 139 cm³/mol. The van der Waals surface area contributed by atoms with Crippen LogP contribution in [0.2, 0.25) is 0 Å². The van der Waals surface area contributed by atoms with Crippen LogP contribution in [0.4, 0.5) is 11.5 Å². The van der Waals surface area contributed by atoms with E-state index in [9.17, 15) is 5.11 Å². The Hall–Kier alpha value is -3.69. The summed E-state index contributed by atoms with van der Waals surface area (Å²) in [6.45, 7) is 4.96. The van der Waals surface area contributed by atoms with Gasteiger partial charge < -0.3 is 19.9 Å². The van der Waals surface area contributed by atoms with Crippen molar-refractivity contribution in [2.24, 2.45) is 0 Å². The zero-order valence-corrected chi connectivity index (χ0v) is 20.5.